The summed E-state index contributed by atoms with van der Waals surface area (Å²) in [6, 6.07) is 2.21. The van der Waals surface area contributed by atoms with Crippen molar-refractivity contribution < 1.29 is 4.74 Å². The molecule has 3 heterocycles. The highest BCUT2D eigenvalue weighted by Gasteiger charge is 2.15. The van der Waals surface area contributed by atoms with Crippen LogP contribution < -0.4 is 10.1 Å². The van der Waals surface area contributed by atoms with E-state index in [0.717, 1.165) is 17.7 Å². The van der Waals surface area contributed by atoms with Crippen molar-refractivity contribution in [2.75, 3.05) is 13.7 Å². The van der Waals surface area contributed by atoms with E-state index in [1.165, 1.54) is 0 Å². The quantitative estimate of drug-likeness (QED) is 0.778. The van der Waals surface area contributed by atoms with Crippen LogP contribution in [0.1, 0.15) is 25.5 Å². The Morgan fingerprint density at radius 2 is 2.22 bits per heavy atom. The normalized spacial score (nSPS) is 12.5. The summed E-state index contributed by atoms with van der Waals surface area (Å²) >= 11 is 6.23. The van der Waals surface area contributed by atoms with Crippen molar-refractivity contribution >= 4 is 17.2 Å². The minimum atomic E-state index is 0.185. The molecule has 0 amide bonds. The second kappa shape index (κ2) is 6.52. The van der Waals surface area contributed by atoms with E-state index in [4.69, 9.17) is 16.3 Å². The summed E-state index contributed by atoms with van der Waals surface area (Å²) in [5.41, 5.74) is 3.17. The number of nitrogens with zero attached hydrogens (tertiary/aromatic N) is 4. The summed E-state index contributed by atoms with van der Waals surface area (Å²) < 4.78 is 7.23. The van der Waals surface area contributed by atoms with Crippen LogP contribution in [-0.2, 0) is 0 Å². The first kappa shape index (κ1) is 15.7. The molecule has 0 aliphatic heterocycles. The molecule has 0 aliphatic carbocycles. The van der Waals surface area contributed by atoms with Gasteiger partial charge in [-0.1, -0.05) is 18.5 Å². The molecule has 3 aromatic rings. The maximum Gasteiger partial charge on any atom is 0.222 e. The summed E-state index contributed by atoms with van der Waals surface area (Å²) in [5, 5.41) is 3.72. The molecule has 0 fully saturated rings. The second-order valence-electron chi connectivity index (χ2n) is 5.18. The Morgan fingerprint density at radius 1 is 1.39 bits per heavy atom. The summed E-state index contributed by atoms with van der Waals surface area (Å²) in [7, 11) is 1.59. The van der Waals surface area contributed by atoms with Gasteiger partial charge in [0, 0.05) is 30.8 Å². The van der Waals surface area contributed by atoms with Crippen LogP contribution in [0, 0.1) is 0 Å². The average molecular weight is 332 g/mol. The first-order valence-electron chi connectivity index (χ1n) is 7.41. The van der Waals surface area contributed by atoms with Gasteiger partial charge in [0.2, 0.25) is 5.88 Å². The fourth-order valence-electron chi connectivity index (χ4n) is 2.50. The van der Waals surface area contributed by atoms with E-state index < -0.39 is 0 Å². The van der Waals surface area contributed by atoms with Gasteiger partial charge in [0.05, 0.1) is 18.4 Å². The van der Waals surface area contributed by atoms with Gasteiger partial charge in [-0.2, -0.15) is 0 Å². The Bertz CT molecular complexity index is 832. The third-order valence-electron chi connectivity index (χ3n) is 3.69. The maximum atomic E-state index is 6.23. The van der Waals surface area contributed by atoms with Gasteiger partial charge in [-0.3, -0.25) is 0 Å². The fraction of sp³-hybridized carbons (Fsp3) is 0.312. The SMILES string of the molecule is CCN[C@H](C)c1cnc(OC)c(-c2cn3ccnc3c(Cl)n2)c1. The fourth-order valence-corrected chi connectivity index (χ4v) is 2.74. The lowest BCUT2D eigenvalue weighted by molar-refractivity contribution is 0.399. The molecule has 0 saturated heterocycles. The summed E-state index contributed by atoms with van der Waals surface area (Å²) in [4.78, 5) is 13.0. The molecule has 0 bridgehead atoms. The summed E-state index contributed by atoms with van der Waals surface area (Å²) in [5.74, 6) is 0.514. The zero-order chi connectivity index (χ0) is 16.4. The van der Waals surface area contributed by atoms with E-state index in [9.17, 15) is 0 Å². The number of pyridine rings is 1. The Morgan fingerprint density at radius 3 is 2.96 bits per heavy atom. The monoisotopic (exact) mass is 331 g/mol. The number of ether oxygens (including phenoxy) is 1. The van der Waals surface area contributed by atoms with Gasteiger partial charge in [-0.05, 0) is 25.1 Å². The molecule has 1 N–H and O–H groups in total. The highest BCUT2D eigenvalue weighted by molar-refractivity contribution is 6.32. The molecule has 1 atom stereocenters. The first-order chi connectivity index (χ1) is 11.1. The molecular weight excluding hydrogens is 314 g/mol. The summed E-state index contributed by atoms with van der Waals surface area (Å²) in [6.07, 6.45) is 7.20. The molecular formula is C16H18ClN5O. The second-order valence-corrected chi connectivity index (χ2v) is 5.54. The van der Waals surface area contributed by atoms with E-state index in [0.29, 0.717) is 22.4 Å². The molecule has 0 aromatic carbocycles. The van der Waals surface area contributed by atoms with Crippen molar-refractivity contribution in [3.05, 3.63) is 41.6 Å². The maximum absolute atomic E-state index is 6.23. The number of halogens is 1. The van der Waals surface area contributed by atoms with Gasteiger partial charge in [-0.25, -0.2) is 15.0 Å². The number of hydrogen-bond donors (Lipinski definition) is 1. The Labute approximate surface area is 139 Å². The number of imidazole rings is 1. The van der Waals surface area contributed by atoms with Crippen molar-refractivity contribution in [2.45, 2.75) is 19.9 Å². The van der Waals surface area contributed by atoms with Gasteiger partial charge < -0.3 is 14.5 Å². The number of fused-ring (bicyclic) bond motifs is 1. The molecule has 120 valence electrons. The van der Waals surface area contributed by atoms with Crippen molar-refractivity contribution in [1.29, 1.82) is 0 Å². The molecule has 6 nitrogen and oxygen atoms in total. The number of rotatable bonds is 5. The van der Waals surface area contributed by atoms with Gasteiger partial charge in [0.15, 0.2) is 10.8 Å². The van der Waals surface area contributed by atoms with Crippen LogP contribution in [-0.4, -0.2) is 33.0 Å². The van der Waals surface area contributed by atoms with Crippen molar-refractivity contribution in [2.24, 2.45) is 0 Å². The number of nitrogens with one attached hydrogen (secondary N) is 1. The van der Waals surface area contributed by atoms with Crippen LogP contribution in [0.25, 0.3) is 16.9 Å². The third kappa shape index (κ3) is 3.00. The molecule has 23 heavy (non-hydrogen) atoms. The highest BCUT2D eigenvalue weighted by atomic mass is 35.5. The number of methoxy groups -OCH3 is 1. The van der Waals surface area contributed by atoms with E-state index in [1.807, 2.05) is 29.1 Å². The molecule has 3 aromatic heterocycles. The molecule has 0 spiro atoms. The zero-order valence-electron chi connectivity index (χ0n) is 13.2. The van der Waals surface area contributed by atoms with Crippen LogP contribution in [0.15, 0.2) is 30.9 Å². The number of hydrogen-bond acceptors (Lipinski definition) is 5. The Kier molecular flexibility index (Phi) is 4.45. The number of aromatic nitrogens is 4. The van der Waals surface area contributed by atoms with E-state index >= 15 is 0 Å². The van der Waals surface area contributed by atoms with E-state index in [-0.39, 0.29) is 6.04 Å². The van der Waals surface area contributed by atoms with E-state index in [1.54, 1.807) is 13.3 Å². The van der Waals surface area contributed by atoms with Crippen LogP contribution in [0.2, 0.25) is 5.15 Å². The zero-order valence-corrected chi connectivity index (χ0v) is 14.0. The third-order valence-corrected chi connectivity index (χ3v) is 3.94. The largest absolute Gasteiger partial charge is 0.481 e. The predicted octanol–water partition coefficient (Wildman–Crippen LogP) is 3.12. The smallest absolute Gasteiger partial charge is 0.222 e. The van der Waals surface area contributed by atoms with Crippen molar-refractivity contribution in [3.8, 4) is 17.1 Å². The molecule has 3 rings (SSSR count). The van der Waals surface area contributed by atoms with Crippen LogP contribution in [0.4, 0.5) is 0 Å². The molecule has 0 aliphatic rings. The minimum Gasteiger partial charge on any atom is -0.481 e. The minimum absolute atomic E-state index is 0.185. The van der Waals surface area contributed by atoms with Crippen molar-refractivity contribution in [1.82, 2.24) is 24.7 Å². The van der Waals surface area contributed by atoms with Gasteiger partial charge >= 0.3 is 0 Å². The molecule has 0 unspecified atom stereocenters. The van der Waals surface area contributed by atoms with E-state index in [2.05, 4.69) is 34.1 Å². The Hall–Kier alpha value is -2.18. The summed E-state index contributed by atoms with van der Waals surface area (Å²) in [6.45, 7) is 5.05. The lowest BCUT2D eigenvalue weighted by atomic mass is 10.1. The molecule has 0 saturated carbocycles. The van der Waals surface area contributed by atoms with Gasteiger partial charge in [0.1, 0.15) is 0 Å². The first-order valence-corrected chi connectivity index (χ1v) is 7.78. The van der Waals surface area contributed by atoms with Gasteiger partial charge in [-0.15, -0.1) is 0 Å². The lowest BCUT2D eigenvalue weighted by Crippen LogP contribution is -2.18. The topological polar surface area (TPSA) is 64.3 Å². The van der Waals surface area contributed by atoms with Crippen LogP contribution in [0.3, 0.4) is 0 Å². The van der Waals surface area contributed by atoms with Crippen LogP contribution in [0.5, 0.6) is 5.88 Å². The predicted molar refractivity (Wildman–Crippen MR) is 89.9 cm³/mol. The Balaban J connectivity index is 2.13. The average Bonchev–Trinajstić information content (AvgIpc) is 3.03. The van der Waals surface area contributed by atoms with Gasteiger partial charge in [0.25, 0.3) is 0 Å². The lowest BCUT2D eigenvalue weighted by Gasteiger charge is -2.15. The highest BCUT2D eigenvalue weighted by Crippen LogP contribution is 2.30. The molecule has 7 heteroatoms. The van der Waals surface area contributed by atoms with Crippen molar-refractivity contribution in [3.63, 3.8) is 0 Å². The standard InChI is InChI=1S/C16H18ClN5O/c1-4-18-10(2)11-7-12(16(23-3)20-8-11)13-9-22-6-5-19-15(22)14(17)21-13/h5-10,18H,4H2,1-3H3/t10-/m1/s1. The van der Waals surface area contributed by atoms with Crippen LogP contribution >= 0.6 is 11.6 Å². The molecule has 0 radical (unpaired) electrons.